The van der Waals surface area contributed by atoms with Gasteiger partial charge >= 0.3 is 11.9 Å². The molecule has 2 N–H and O–H groups in total. The number of hydrogen-bond donors (Lipinski definition) is 2. The third-order valence-corrected chi connectivity index (χ3v) is 5.22. The van der Waals surface area contributed by atoms with Gasteiger partial charge in [-0.15, -0.1) is 10.2 Å². The third-order valence-electron chi connectivity index (χ3n) is 4.97. The number of aliphatic hydroxyl groups is 2. The maximum absolute atomic E-state index is 13.0. The fraction of sp³-hybridized carbons (Fsp3) is 0.286. The number of aliphatic hydroxyl groups excluding tert-OH is 2. The van der Waals surface area contributed by atoms with Gasteiger partial charge in [-0.25, -0.2) is 19.4 Å². The number of benzene rings is 1. The van der Waals surface area contributed by atoms with E-state index in [9.17, 15) is 28.2 Å². The zero-order chi connectivity index (χ0) is 25.3. The van der Waals surface area contributed by atoms with Crippen LogP contribution in [0, 0.1) is 0 Å². The van der Waals surface area contributed by atoms with Gasteiger partial charge in [0.1, 0.15) is 12.6 Å². The zero-order valence-electron chi connectivity index (χ0n) is 18.1. The summed E-state index contributed by atoms with van der Waals surface area (Å²) in [5.74, 6) is 0.485. The van der Waals surface area contributed by atoms with Gasteiger partial charge in [-0.05, 0) is 43.3 Å². The highest BCUT2D eigenvalue weighted by atomic mass is 35.5. The van der Waals surface area contributed by atoms with E-state index in [4.69, 9.17) is 11.6 Å². The predicted octanol–water partition coefficient (Wildman–Crippen LogP) is 2.37. The van der Waals surface area contributed by atoms with Crippen LogP contribution in [-0.2, 0) is 13.1 Å². The highest BCUT2D eigenvalue weighted by molar-refractivity contribution is 6.30. The van der Waals surface area contributed by atoms with Gasteiger partial charge < -0.3 is 10.2 Å². The van der Waals surface area contributed by atoms with E-state index < -0.39 is 30.6 Å². The maximum atomic E-state index is 13.0. The Bertz CT molecular complexity index is 1370. The van der Waals surface area contributed by atoms with Gasteiger partial charge in [0.15, 0.2) is 29.4 Å². The van der Waals surface area contributed by atoms with Crippen LogP contribution >= 0.6 is 11.6 Å². The van der Waals surface area contributed by atoms with E-state index in [1.165, 1.54) is 42.1 Å². The van der Waals surface area contributed by atoms with Gasteiger partial charge in [0.05, 0.1) is 6.54 Å². The summed E-state index contributed by atoms with van der Waals surface area (Å²) in [5, 5.41) is 28.6. The molecule has 4 rings (SSSR count). The van der Waals surface area contributed by atoms with E-state index in [0.29, 0.717) is 16.4 Å². The standard InChI is InChI=1S/C21H19ClF3N7O3/c1-12(33)18-27-16(28-32(18)17-4-2-3-9-26-17)11-31-20(35)30(10-15(34)21(23,24)25)19(29-31)13-5-7-14(22)8-6-13/h2-9,12,15,33-34H,10-11H2,1H3. The first-order valence-electron chi connectivity index (χ1n) is 10.3. The largest absolute Gasteiger partial charge is 0.416 e. The molecule has 0 aliphatic heterocycles. The molecular weight excluding hydrogens is 491 g/mol. The molecule has 0 saturated carbocycles. The minimum atomic E-state index is -4.94. The van der Waals surface area contributed by atoms with Gasteiger partial charge in [-0.2, -0.15) is 17.9 Å². The highest BCUT2D eigenvalue weighted by Gasteiger charge is 2.39. The van der Waals surface area contributed by atoms with Crippen molar-refractivity contribution in [3.63, 3.8) is 0 Å². The molecule has 0 radical (unpaired) electrons. The molecule has 1 aromatic carbocycles. The van der Waals surface area contributed by atoms with Crippen molar-refractivity contribution < 1.29 is 23.4 Å². The molecule has 0 aliphatic rings. The molecule has 10 nitrogen and oxygen atoms in total. The fourth-order valence-corrected chi connectivity index (χ4v) is 3.41. The molecule has 0 spiro atoms. The van der Waals surface area contributed by atoms with Gasteiger partial charge in [-0.1, -0.05) is 17.7 Å². The SMILES string of the molecule is CC(O)c1nc(Cn2nc(-c3ccc(Cl)cc3)n(CC(O)C(F)(F)F)c2=O)nn1-c1ccccn1. The summed E-state index contributed by atoms with van der Waals surface area (Å²) in [6, 6.07) is 11.0. The molecule has 0 amide bonds. The Morgan fingerprint density at radius 2 is 1.80 bits per heavy atom. The Kier molecular flexibility index (Phi) is 6.74. The molecule has 0 fully saturated rings. The van der Waals surface area contributed by atoms with E-state index in [1.807, 2.05) is 0 Å². The summed E-state index contributed by atoms with van der Waals surface area (Å²) in [6.45, 7) is 0.106. The summed E-state index contributed by atoms with van der Waals surface area (Å²) in [7, 11) is 0. The molecule has 2 unspecified atom stereocenters. The Hall–Kier alpha value is -3.55. The molecule has 3 heterocycles. The maximum Gasteiger partial charge on any atom is 0.416 e. The van der Waals surface area contributed by atoms with Crippen LogP contribution in [0.4, 0.5) is 13.2 Å². The van der Waals surface area contributed by atoms with Gasteiger partial charge in [0, 0.05) is 16.8 Å². The van der Waals surface area contributed by atoms with Crippen molar-refractivity contribution in [1.82, 2.24) is 34.1 Å². The number of nitrogens with zero attached hydrogens (tertiary/aromatic N) is 7. The third kappa shape index (κ3) is 5.26. The summed E-state index contributed by atoms with van der Waals surface area (Å²) in [5.41, 5.74) is -0.595. The number of rotatable bonds is 7. The van der Waals surface area contributed by atoms with Gasteiger partial charge in [0.2, 0.25) is 0 Å². The zero-order valence-corrected chi connectivity index (χ0v) is 18.9. The van der Waals surface area contributed by atoms with Crippen LogP contribution in [0.3, 0.4) is 0 Å². The lowest BCUT2D eigenvalue weighted by Crippen LogP contribution is -2.37. The number of aromatic nitrogens is 7. The van der Waals surface area contributed by atoms with Crippen LogP contribution < -0.4 is 5.69 Å². The van der Waals surface area contributed by atoms with Crippen LogP contribution in [0.25, 0.3) is 17.2 Å². The van der Waals surface area contributed by atoms with Crippen molar-refractivity contribution in [2.45, 2.75) is 38.4 Å². The average molecular weight is 510 g/mol. The number of pyridine rings is 1. The second kappa shape index (κ2) is 9.60. The first-order chi connectivity index (χ1) is 16.5. The predicted molar refractivity (Wildman–Crippen MR) is 118 cm³/mol. The van der Waals surface area contributed by atoms with Gasteiger partial charge in [-0.3, -0.25) is 4.57 Å². The molecule has 0 bridgehead atoms. The summed E-state index contributed by atoms with van der Waals surface area (Å²) >= 11 is 5.89. The van der Waals surface area contributed by atoms with Crippen LogP contribution in [0.1, 0.15) is 24.7 Å². The van der Waals surface area contributed by atoms with Gasteiger partial charge in [0.25, 0.3) is 0 Å². The summed E-state index contributed by atoms with van der Waals surface area (Å²) in [4.78, 5) is 21.4. The molecule has 4 aromatic rings. The second-order valence-corrected chi connectivity index (χ2v) is 8.04. The van der Waals surface area contributed by atoms with Crippen molar-refractivity contribution in [2.75, 3.05) is 0 Å². The quantitative estimate of drug-likeness (QED) is 0.392. The second-order valence-electron chi connectivity index (χ2n) is 7.60. The fourth-order valence-electron chi connectivity index (χ4n) is 3.29. The Balaban J connectivity index is 1.76. The minimum absolute atomic E-state index is 0.0670. The molecule has 14 heteroatoms. The van der Waals surface area contributed by atoms with Crippen molar-refractivity contribution in [3.05, 3.63) is 75.8 Å². The molecule has 3 aromatic heterocycles. The summed E-state index contributed by atoms with van der Waals surface area (Å²) in [6.07, 6.45) is -7.22. The molecule has 35 heavy (non-hydrogen) atoms. The van der Waals surface area contributed by atoms with Crippen molar-refractivity contribution in [2.24, 2.45) is 0 Å². The Morgan fingerprint density at radius 1 is 1.09 bits per heavy atom. The smallest absolute Gasteiger partial charge is 0.385 e. The average Bonchev–Trinajstić information content (AvgIpc) is 3.37. The molecule has 0 saturated heterocycles. The molecule has 0 aliphatic carbocycles. The lowest BCUT2D eigenvalue weighted by atomic mass is 10.2. The normalized spacial score (nSPS) is 13.7. The highest BCUT2D eigenvalue weighted by Crippen LogP contribution is 2.24. The van der Waals surface area contributed by atoms with Crippen LogP contribution in [-0.4, -0.2) is 56.6 Å². The topological polar surface area (TPSA) is 124 Å². The first-order valence-corrected chi connectivity index (χ1v) is 10.7. The molecule has 2 atom stereocenters. The van der Waals surface area contributed by atoms with Crippen molar-refractivity contribution in [1.29, 1.82) is 0 Å². The minimum Gasteiger partial charge on any atom is -0.385 e. The van der Waals surface area contributed by atoms with E-state index in [2.05, 4.69) is 20.2 Å². The number of alkyl halides is 3. The Morgan fingerprint density at radius 3 is 2.40 bits per heavy atom. The summed E-state index contributed by atoms with van der Waals surface area (Å²) < 4.78 is 42.0. The number of halogens is 4. The van der Waals surface area contributed by atoms with Crippen LogP contribution in [0.5, 0.6) is 0 Å². The van der Waals surface area contributed by atoms with Crippen molar-refractivity contribution in [3.8, 4) is 17.2 Å². The van der Waals surface area contributed by atoms with Crippen LogP contribution in [0.15, 0.2) is 53.5 Å². The van der Waals surface area contributed by atoms with Crippen molar-refractivity contribution >= 4 is 11.6 Å². The van der Waals surface area contributed by atoms with Crippen LogP contribution in [0.2, 0.25) is 5.02 Å². The molecule has 184 valence electrons. The van der Waals surface area contributed by atoms with E-state index >= 15 is 0 Å². The Labute approximate surface area is 200 Å². The van der Waals surface area contributed by atoms with E-state index in [0.717, 1.165) is 9.25 Å². The lowest BCUT2D eigenvalue weighted by molar-refractivity contribution is -0.207. The first kappa shape index (κ1) is 24.6. The number of hydrogen-bond acceptors (Lipinski definition) is 7. The van der Waals surface area contributed by atoms with E-state index in [1.54, 1.807) is 18.2 Å². The monoisotopic (exact) mass is 509 g/mol. The lowest BCUT2D eigenvalue weighted by Gasteiger charge is -2.15. The van der Waals surface area contributed by atoms with E-state index in [-0.39, 0.29) is 24.0 Å². The molecular formula is C21H19ClF3N7O3.